The molecule has 1 heterocycles. The van der Waals surface area contributed by atoms with Crippen LogP contribution in [0.5, 0.6) is 0 Å². The third-order valence-electron chi connectivity index (χ3n) is 10.3. The SMILES string of the molecule is c1ccc(-c2nc(-c3ccccc3)nc(-c3cccc(-c4c5ccccc5c(-c5ccc(-c6cccc7ccccc67)cc5)c5ccccc45)c3)n2)cc1. The lowest BCUT2D eigenvalue weighted by Gasteiger charge is -2.18. The van der Waals surface area contributed by atoms with Crippen LogP contribution in [0, 0.1) is 0 Å². The van der Waals surface area contributed by atoms with Gasteiger partial charge in [-0.25, -0.2) is 15.0 Å². The third-order valence-corrected chi connectivity index (χ3v) is 10.3. The van der Waals surface area contributed by atoms with Crippen LogP contribution in [0.3, 0.4) is 0 Å². The molecule has 0 atom stereocenters. The monoisotopic (exact) mass is 687 g/mol. The predicted octanol–water partition coefficient (Wildman–Crippen LogP) is 13.3. The van der Waals surface area contributed by atoms with E-state index in [9.17, 15) is 0 Å². The maximum atomic E-state index is 5.04. The van der Waals surface area contributed by atoms with Crippen molar-refractivity contribution in [1.82, 2.24) is 15.0 Å². The maximum Gasteiger partial charge on any atom is 0.164 e. The zero-order chi connectivity index (χ0) is 35.8. The Kier molecular flexibility index (Phi) is 7.81. The molecule has 0 fully saturated rings. The number of aromatic nitrogens is 3. The normalized spacial score (nSPS) is 11.3. The van der Waals surface area contributed by atoms with Gasteiger partial charge in [0.25, 0.3) is 0 Å². The molecule has 0 aliphatic heterocycles. The minimum absolute atomic E-state index is 0.640. The van der Waals surface area contributed by atoms with Crippen molar-refractivity contribution in [1.29, 1.82) is 0 Å². The first kappa shape index (κ1) is 31.5. The Morgan fingerprint density at radius 3 is 1.20 bits per heavy atom. The fraction of sp³-hybridized carbons (Fsp3) is 0. The number of benzene rings is 9. The molecule has 0 amide bonds. The van der Waals surface area contributed by atoms with E-state index in [0.29, 0.717) is 17.5 Å². The Balaban J connectivity index is 1.13. The fourth-order valence-electron chi connectivity index (χ4n) is 7.80. The van der Waals surface area contributed by atoms with Crippen LogP contribution in [-0.4, -0.2) is 15.0 Å². The van der Waals surface area contributed by atoms with Crippen molar-refractivity contribution >= 4 is 32.3 Å². The summed E-state index contributed by atoms with van der Waals surface area (Å²) in [6.45, 7) is 0. The van der Waals surface area contributed by atoms with E-state index in [1.807, 2.05) is 60.7 Å². The summed E-state index contributed by atoms with van der Waals surface area (Å²) in [6, 6.07) is 70.7. The van der Waals surface area contributed by atoms with Gasteiger partial charge >= 0.3 is 0 Å². The lowest BCUT2D eigenvalue weighted by atomic mass is 9.85. The largest absolute Gasteiger partial charge is 0.208 e. The van der Waals surface area contributed by atoms with Crippen molar-refractivity contribution in [2.45, 2.75) is 0 Å². The second-order valence-electron chi connectivity index (χ2n) is 13.6. The molecule has 3 heteroatoms. The summed E-state index contributed by atoms with van der Waals surface area (Å²) >= 11 is 0. The van der Waals surface area contributed by atoms with Crippen molar-refractivity contribution in [3.8, 4) is 67.5 Å². The second-order valence-corrected chi connectivity index (χ2v) is 13.6. The van der Waals surface area contributed by atoms with Gasteiger partial charge in [0.2, 0.25) is 0 Å². The number of rotatable bonds is 6. The van der Waals surface area contributed by atoms with Gasteiger partial charge in [-0.15, -0.1) is 0 Å². The van der Waals surface area contributed by atoms with Gasteiger partial charge < -0.3 is 0 Å². The highest BCUT2D eigenvalue weighted by Gasteiger charge is 2.18. The first-order valence-electron chi connectivity index (χ1n) is 18.3. The van der Waals surface area contributed by atoms with Crippen molar-refractivity contribution in [3.63, 3.8) is 0 Å². The molecule has 0 N–H and O–H groups in total. The fourth-order valence-corrected chi connectivity index (χ4v) is 7.80. The quantitative estimate of drug-likeness (QED) is 0.163. The van der Waals surface area contributed by atoms with Crippen LogP contribution in [0.25, 0.3) is 99.9 Å². The van der Waals surface area contributed by atoms with Crippen LogP contribution in [-0.2, 0) is 0 Å². The lowest BCUT2D eigenvalue weighted by molar-refractivity contribution is 1.07. The third kappa shape index (κ3) is 5.60. The van der Waals surface area contributed by atoms with Gasteiger partial charge in [-0.2, -0.15) is 0 Å². The van der Waals surface area contributed by atoms with Crippen LogP contribution in [0.15, 0.2) is 200 Å². The van der Waals surface area contributed by atoms with Gasteiger partial charge in [0.05, 0.1) is 0 Å². The molecule has 9 aromatic carbocycles. The van der Waals surface area contributed by atoms with Crippen molar-refractivity contribution in [2.75, 3.05) is 0 Å². The van der Waals surface area contributed by atoms with Crippen molar-refractivity contribution in [3.05, 3.63) is 200 Å². The number of hydrogen-bond acceptors (Lipinski definition) is 3. The number of hydrogen-bond donors (Lipinski definition) is 0. The summed E-state index contributed by atoms with van der Waals surface area (Å²) in [4.78, 5) is 15.0. The molecule has 0 spiro atoms. The molecule has 0 aliphatic carbocycles. The van der Waals surface area contributed by atoms with Crippen LogP contribution < -0.4 is 0 Å². The highest BCUT2D eigenvalue weighted by atomic mass is 15.0. The molecule has 10 rings (SSSR count). The van der Waals surface area contributed by atoms with Gasteiger partial charge in [0.15, 0.2) is 17.5 Å². The number of fused-ring (bicyclic) bond motifs is 3. The Morgan fingerprint density at radius 2 is 0.630 bits per heavy atom. The van der Waals surface area contributed by atoms with Gasteiger partial charge in [-0.1, -0.05) is 194 Å². The zero-order valence-corrected chi connectivity index (χ0v) is 29.4. The summed E-state index contributed by atoms with van der Waals surface area (Å²) in [6.07, 6.45) is 0. The van der Waals surface area contributed by atoms with E-state index in [2.05, 4.69) is 140 Å². The highest BCUT2D eigenvalue weighted by Crippen LogP contribution is 2.44. The summed E-state index contributed by atoms with van der Waals surface area (Å²) in [5.74, 6) is 1.94. The average molecular weight is 688 g/mol. The summed E-state index contributed by atoms with van der Waals surface area (Å²) in [5.41, 5.74) is 10.0. The molecular formula is C51H33N3. The minimum Gasteiger partial charge on any atom is -0.208 e. The van der Waals surface area contributed by atoms with Gasteiger partial charge in [0.1, 0.15) is 0 Å². The Labute approximate surface area is 313 Å². The second kappa shape index (κ2) is 13.4. The first-order chi connectivity index (χ1) is 26.8. The molecular weight excluding hydrogens is 655 g/mol. The summed E-state index contributed by atoms with van der Waals surface area (Å²) in [7, 11) is 0. The lowest BCUT2D eigenvalue weighted by Crippen LogP contribution is -2.00. The van der Waals surface area contributed by atoms with E-state index < -0.39 is 0 Å². The van der Waals surface area contributed by atoms with Crippen LogP contribution >= 0.6 is 0 Å². The number of nitrogens with zero attached hydrogens (tertiary/aromatic N) is 3. The minimum atomic E-state index is 0.640. The van der Waals surface area contributed by atoms with Crippen molar-refractivity contribution in [2.24, 2.45) is 0 Å². The molecule has 252 valence electrons. The summed E-state index contributed by atoms with van der Waals surface area (Å²) < 4.78 is 0. The van der Waals surface area contributed by atoms with Crippen LogP contribution in [0.4, 0.5) is 0 Å². The van der Waals surface area contributed by atoms with E-state index in [1.54, 1.807) is 0 Å². The molecule has 0 saturated carbocycles. The van der Waals surface area contributed by atoms with Crippen LogP contribution in [0.2, 0.25) is 0 Å². The van der Waals surface area contributed by atoms with E-state index >= 15 is 0 Å². The van der Waals surface area contributed by atoms with Gasteiger partial charge in [-0.05, 0) is 71.8 Å². The van der Waals surface area contributed by atoms with E-state index in [0.717, 1.165) is 22.3 Å². The highest BCUT2D eigenvalue weighted by molar-refractivity contribution is 6.21. The standard InChI is InChI=1S/C51H33N3/c1-3-16-37(17-4-1)49-52-50(38-18-5-2-6-19-38)54-51(53-49)40-22-13-21-39(33-40)48-45-26-11-9-24-43(45)47(44-25-10-12-27-46(44)48)36-31-29-35(30-32-36)42-28-14-20-34-15-7-8-23-41(34)42/h1-33H. The first-order valence-corrected chi connectivity index (χ1v) is 18.3. The summed E-state index contributed by atoms with van der Waals surface area (Å²) in [5, 5.41) is 7.35. The molecule has 0 saturated heterocycles. The Bertz CT molecular complexity index is 2850. The molecule has 0 radical (unpaired) electrons. The molecule has 3 nitrogen and oxygen atoms in total. The maximum absolute atomic E-state index is 5.04. The predicted molar refractivity (Wildman–Crippen MR) is 225 cm³/mol. The van der Waals surface area contributed by atoms with Crippen molar-refractivity contribution < 1.29 is 0 Å². The molecule has 10 aromatic rings. The molecule has 0 bridgehead atoms. The van der Waals surface area contributed by atoms with E-state index in [4.69, 9.17) is 15.0 Å². The molecule has 1 aromatic heterocycles. The topological polar surface area (TPSA) is 38.7 Å². The molecule has 0 unspecified atom stereocenters. The molecule has 54 heavy (non-hydrogen) atoms. The van der Waals surface area contributed by atoms with Gasteiger partial charge in [-0.3, -0.25) is 0 Å². The smallest absolute Gasteiger partial charge is 0.164 e. The Morgan fingerprint density at radius 1 is 0.241 bits per heavy atom. The van der Waals surface area contributed by atoms with Gasteiger partial charge in [0, 0.05) is 16.7 Å². The van der Waals surface area contributed by atoms with E-state index in [-0.39, 0.29) is 0 Å². The zero-order valence-electron chi connectivity index (χ0n) is 29.4. The Hall–Kier alpha value is -7.23. The molecule has 0 aliphatic rings. The van der Waals surface area contributed by atoms with Crippen LogP contribution in [0.1, 0.15) is 0 Å². The van der Waals surface area contributed by atoms with E-state index in [1.165, 1.54) is 60.1 Å². The average Bonchev–Trinajstić information content (AvgIpc) is 3.26.